The van der Waals surface area contributed by atoms with Crippen molar-refractivity contribution in [2.24, 2.45) is 0 Å². The Hall–Kier alpha value is -3.96. The van der Waals surface area contributed by atoms with Crippen LogP contribution in [0, 0.1) is 11.3 Å². The van der Waals surface area contributed by atoms with Crippen LogP contribution in [0.15, 0.2) is 30.6 Å². The number of halogens is 6. The maximum absolute atomic E-state index is 12.9. The molecule has 0 aromatic carbocycles. The van der Waals surface area contributed by atoms with E-state index in [1.807, 2.05) is 5.32 Å². The Balaban J connectivity index is 2.01. The molecule has 3 aromatic heterocycles. The molecule has 0 fully saturated rings. The molecule has 0 spiro atoms. The third-order valence-electron chi connectivity index (χ3n) is 3.68. The van der Waals surface area contributed by atoms with Gasteiger partial charge in [-0.1, -0.05) is 0 Å². The lowest BCUT2D eigenvalue weighted by Crippen LogP contribution is -2.34. The molecule has 31 heavy (non-hydrogen) atoms. The third-order valence-corrected chi connectivity index (χ3v) is 3.68. The zero-order valence-corrected chi connectivity index (χ0v) is 15.4. The highest BCUT2D eigenvalue weighted by atomic mass is 19.4. The molecule has 0 saturated carbocycles. The van der Waals surface area contributed by atoms with Crippen LogP contribution in [0.3, 0.4) is 0 Å². The second-order valence-corrected chi connectivity index (χ2v) is 6.00. The second-order valence-electron chi connectivity index (χ2n) is 6.00. The largest absolute Gasteiger partial charge is 0.435 e. The van der Waals surface area contributed by atoms with Crippen LogP contribution < -0.4 is 10.6 Å². The molecular weight excluding hydrogens is 432 g/mol. The Morgan fingerprint density at radius 2 is 1.77 bits per heavy atom. The Morgan fingerprint density at radius 1 is 1.06 bits per heavy atom. The molecule has 1 atom stereocenters. The second kappa shape index (κ2) is 8.05. The fourth-order valence-electron chi connectivity index (χ4n) is 2.15. The number of nitrogens with zero attached hydrogens (tertiary/aromatic N) is 7. The first-order valence-corrected chi connectivity index (χ1v) is 8.31. The summed E-state index contributed by atoms with van der Waals surface area (Å²) in [6, 6.07) is 3.12. The molecule has 0 aliphatic heterocycles. The number of nitrogens with one attached hydrogen (secondary N) is 2. The molecular formula is C16H11F6N9. The van der Waals surface area contributed by atoms with Crippen molar-refractivity contribution in [3.63, 3.8) is 0 Å². The highest BCUT2D eigenvalue weighted by molar-refractivity contribution is 5.55. The Bertz CT molecular complexity index is 1120. The number of hydrogen-bond donors (Lipinski definition) is 2. The average Bonchev–Trinajstić information content (AvgIpc) is 3.18. The van der Waals surface area contributed by atoms with Gasteiger partial charge in [-0.15, -0.1) is 0 Å². The van der Waals surface area contributed by atoms with Crippen LogP contribution in [-0.4, -0.2) is 41.9 Å². The number of pyridine rings is 1. The van der Waals surface area contributed by atoms with Gasteiger partial charge < -0.3 is 10.6 Å². The highest BCUT2D eigenvalue weighted by Gasteiger charge is 2.37. The SMILES string of the molecule is CC(Nc1nc(Nc2ccnc(C#N)c2)nc(-n2ccc(C(F)(F)F)n2)n1)C(F)(F)F. The molecule has 9 nitrogen and oxygen atoms in total. The first kappa shape index (κ1) is 21.7. The fourth-order valence-corrected chi connectivity index (χ4v) is 2.15. The molecule has 0 amide bonds. The van der Waals surface area contributed by atoms with Crippen LogP contribution in [0.5, 0.6) is 0 Å². The van der Waals surface area contributed by atoms with E-state index in [1.165, 1.54) is 18.3 Å². The van der Waals surface area contributed by atoms with Crippen molar-refractivity contribution in [1.29, 1.82) is 5.26 Å². The normalized spacial score (nSPS) is 12.8. The molecule has 0 saturated heterocycles. The molecule has 2 N–H and O–H groups in total. The van der Waals surface area contributed by atoms with Gasteiger partial charge in [-0.3, -0.25) is 0 Å². The van der Waals surface area contributed by atoms with Gasteiger partial charge in [0.2, 0.25) is 11.9 Å². The Morgan fingerprint density at radius 3 is 2.39 bits per heavy atom. The molecule has 0 aliphatic rings. The molecule has 0 aliphatic carbocycles. The van der Waals surface area contributed by atoms with Gasteiger partial charge in [0, 0.05) is 18.1 Å². The van der Waals surface area contributed by atoms with Crippen LogP contribution in [0.1, 0.15) is 18.3 Å². The highest BCUT2D eigenvalue weighted by Crippen LogP contribution is 2.28. The van der Waals surface area contributed by atoms with Crippen molar-refractivity contribution in [3.05, 3.63) is 42.0 Å². The van der Waals surface area contributed by atoms with Crippen molar-refractivity contribution in [1.82, 2.24) is 29.7 Å². The number of alkyl halides is 6. The van der Waals surface area contributed by atoms with Crippen molar-refractivity contribution < 1.29 is 26.3 Å². The van der Waals surface area contributed by atoms with Crippen LogP contribution in [-0.2, 0) is 6.18 Å². The first-order valence-electron chi connectivity index (χ1n) is 8.31. The van der Waals surface area contributed by atoms with Gasteiger partial charge >= 0.3 is 12.4 Å². The predicted molar refractivity (Wildman–Crippen MR) is 93.3 cm³/mol. The van der Waals surface area contributed by atoms with E-state index in [0.717, 1.165) is 13.1 Å². The predicted octanol–water partition coefficient (Wildman–Crippen LogP) is 3.45. The van der Waals surface area contributed by atoms with E-state index in [1.54, 1.807) is 6.07 Å². The zero-order valence-electron chi connectivity index (χ0n) is 15.4. The minimum absolute atomic E-state index is 0.0326. The van der Waals surface area contributed by atoms with Crippen molar-refractivity contribution >= 4 is 17.6 Å². The summed E-state index contributed by atoms with van der Waals surface area (Å²) in [6.07, 6.45) is -7.19. The third kappa shape index (κ3) is 5.35. The van der Waals surface area contributed by atoms with Gasteiger partial charge in [-0.2, -0.15) is 51.7 Å². The molecule has 3 aromatic rings. The summed E-state index contributed by atoms with van der Waals surface area (Å²) in [6.45, 7) is 0.814. The lowest BCUT2D eigenvalue weighted by atomic mass is 10.3. The molecule has 3 heterocycles. The van der Waals surface area contributed by atoms with E-state index in [4.69, 9.17) is 5.26 Å². The Labute approximate surface area is 169 Å². The van der Waals surface area contributed by atoms with E-state index in [-0.39, 0.29) is 17.3 Å². The quantitative estimate of drug-likeness (QED) is 0.576. The van der Waals surface area contributed by atoms with Crippen molar-refractivity contribution in [3.8, 4) is 12.0 Å². The van der Waals surface area contributed by atoms with Crippen LogP contribution in [0.25, 0.3) is 5.95 Å². The van der Waals surface area contributed by atoms with E-state index in [2.05, 4.69) is 30.4 Å². The number of hydrogen-bond acceptors (Lipinski definition) is 8. The number of rotatable bonds is 5. The molecule has 15 heteroatoms. The number of nitriles is 1. The minimum atomic E-state index is -4.74. The topological polar surface area (TPSA) is 117 Å². The number of aromatic nitrogens is 6. The van der Waals surface area contributed by atoms with Crippen molar-refractivity contribution in [2.45, 2.75) is 25.3 Å². The van der Waals surface area contributed by atoms with Crippen LogP contribution in [0.4, 0.5) is 43.9 Å². The lowest BCUT2D eigenvalue weighted by Gasteiger charge is -2.17. The van der Waals surface area contributed by atoms with Gasteiger partial charge in [0.1, 0.15) is 17.8 Å². The number of anilines is 3. The molecule has 1 unspecified atom stereocenters. The summed E-state index contributed by atoms with van der Waals surface area (Å²) < 4.78 is 77.8. The average molecular weight is 443 g/mol. The maximum Gasteiger partial charge on any atom is 0.435 e. The van der Waals surface area contributed by atoms with Crippen LogP contribution >= 0.6 is 0 Å². The summed E-state index contributed by atoms with van der Waals surface area (Å²) in [7, 11) is 0. The van der Waals surface area contributed by atoms with E-state index in [9.17, 15) is 26.3 Å². The zero-order chi connectivity index (χ0) is 22.8. The smallest absolute Gasteiger partial charge is 0.343 e. The van der Waals surface area contributed by atoms with E-state index in [0.29, 0.717) is 10.7 Å². The molecule has 3 rings (SSSR count). The van der Waals surface area contributed by atoms with Crippen molar-refractivity contribution in [2.75, 3.05) is 10.6 Å². The summed E-state index contributed by atoms with van der Waals surface area (Å²) in [5, 5.41) is 16.9. The van der Waals surface area contributed by atoms with Gasteiger partial charge in [0.25, 0.3) is 5.95 Å². The summed E-state index contributed by atoms with van der Waals surface area (Å²) in [4.78, 5) is 15.2. The van der Waals surface area contributed by atoms with Crippen LogP contribution in [0.2, 0.25) is 0 Å². The van der Waals surface area contributed by atoms with Gasteiger partial charge in [0.15, 0.2) is 5.69 Å². The first-order chi connectivity index (χ1) is 14.5. The van der Waals surface area contributed by atoms with E-state index >= 15 is 0 Å². The Kier molecular flexibility index (Phi) is 5.64. The molecule has 0 bridgehead atoms. The monoisotopic (exact) mass is 443 g/mol. The summed E-state index contributed by atoms with van der Waals surface area (Å²) >= 11 is 0. The minimum Gasteiger partial charge on any atom is -0.343 e. The standard InChI is InChI=1S/C16H11F6N9/c1-8(15(17,18)19)25-12-27-13(26-9-2-4-24-10(6-9)7-23)29-14(28-12)31-5-3-11(30-31)16(20,21)22/h2-6,8H,1H3,(H2,24,25,26,27,28,29). The lowest BCUT2D eigenvalue weighted by molar-refractivity contribution is -0.141. The fraction of sp³-hybridized carbons (Fsp3) is 0.250. The summed E-state index contributed by atoms with van der Waals surface area (Å²) in [5.41, 5.74) is -0.950. The molecule has 0 radical (unpaired) electrons. The van der Waals surface area contributed by atoms with E-state index < -0.39 is 36.0 Å². The van der Waals surface area contributed by atoms with Gasteiger partial charge in [-0.05, 0) is 25.1 Å². The van der Waals surface area contributed by atoms with Gasteiger partial charge in [0.05, 0.1) is 0 Å². The summed E-state index contributed by atoms with van der Waals surface area (Å²) in [5.74, 6) is -1.34. The molecule has 162 valence electrons. The maximum atomic E-state index is 12.9. The van der Waals surface area contributed by atoms with Gasteiger partial charge in [-0.25, -0.2) is 9.67 Å².